The lowest BCUT2D eigenvalue weighted by atomic mass is 9.83. The Balaban J connectivity index is 1.48. The maximum Gasteiger partial charge on any atom is 0.230 e. The Morgan fingerprint density at radius 1 is 1.25 bits per heavy atom. The zero-order valence-electron chi connectivity index (χ0n) is 14.1. The van der Waals surface area contributed by atoms with Gasteiger partial charge in [0.05, 0.1) is 13.2 Å². The van der Waals surface area contributed by atoms with Crippen molar-refractivity contribution < 1.29 is 9.47 Å². The monoisotopic (exact) mass is 352 g/mol. The lowest BCUT2D eigenvalue weighted by molar-refractivity contribution is 0.138. The summed E-state index contributed by atoms with van der Waals surface area (Å²) in [6.45, 7) is 1.36. The molecule has 4 heterocycles. The summed E-state index contributed by atoms with van der Waals surface area (Å²) < 4.78 is 11.3. The Labute approximate surface area is 147 Å². The average Bonchev–Trinajstić information content (AvgIpc) is 3.06. The van der Waals surface area contributed by atoms with Crippen molar-refractivity contribution in [3.05, 3.63) is 11.2 Å². The van der Waals surface area contributed by atoms with E-state index in [1.54, 1.807) is 6.07 Å². The van der Waals surface area contributed by atoms with Gasteiger partial charge in [-0.3, -0.25) is 0 Å². The number of fused-ring (bicyclic) bond motifs is 2. The Kier molecular flexibility index (Phi) is 4.79. The molecular formula is C17H25ClN4O2. The molecular weight excluding hydrogens is 328 g/mol. The molecule has 7 heteroatoms. The molecule has 24 heavy (non-hydrogen) atoms. The second-order valence-electron chi connectivity index (χ2n) is 7.16. The number of anilines is 1. The van der Waals surface area contributed by atoms with Gasteiger partial charge in [0.25, 0.3) is 0 Å². The molecule has 0 amide bonds. The van der Waals surface area contributed by atoms with Gasteiger partial charge in [-0.15, -0.1) is 0 Å². The standard InChI is InChI=1S/C17H25ClN4O2/c1-22(13-7-11-3-2-4-12(8-13)19-11)17-20-15(18)9-16(21-17)24-14-5-6-23-10-14/h9,11-14,19H,2-8,10H2,1H3/t11?,12?,13?,14-/m1/s1. The number of piperidine rings is 2. The van der Waals surface area contributed by atoms with Crippen LogP contribution in [0.3, 0.4) is 0 Å². The van der Waals surface area contributed by atoms with Gasteiger partial charge in [-0.1, -0.05) is 18.0 Å². The van der Waals surface area contributed by atoms with E-state index in [1.807, 2.05) is 0 Å². The Morgan fingerprint density at radius 3 is 2.75 bits per heavy atom. The van der Waals surface area contributed by atoms with Crippen molar-refractivity contribution in [1.29, 1.82) is 0 Å². The molecule has 3 aliphatic heterocycles. The number of nitrogens with one attached hydrogen (secondary N) is 1. The molecule has 0 saturated carbocycles. The highest BCUT2D eigenvalue weighted by molar-refractivity contribution is 6.29. The van der Waals surface area contributed by atoms with Gasteiger partial charge in [-0.05, 0) is 25.7 Å². The third kappa shape index (κ3) is 3.60. The van der Waals surface area contributed by atoms with E-state index in [-0.39, 0.29) is 6.10 Å². The highest BCUT2D eigenvalue weighted by Gasteiger charge is 2.34. The number of aromatic nitrogens is 2. The SMILES string of the molecule is CN(c1nc(Cl)cc(O[C@@H]2CCOC2)n1)C1CC2CCCC(C1)N2. The summed E-state index contributed by atoms with van der Waals surface area (Å²) in [7, 11) is 2.07. The van der Waals surface area contributed by atoms with E-state index in [0.717, 1.165) is 25.9 Å². The Hall–Kier alpha value is -1.11. The van der Waals surface area contributed by atoms with Crippen molar-refractivity contribution in [2.75, 3.05) is 25.2 Å². The number of hydrogen-bond donors (Lipinski definition) is 1. The molecule has 6 nitrogen and oxygen atoms in total. The molecule has 0 spiro atoms. The van der Waals surface area contributed by atoms with Crippen LogP contribution < -0.4 is 15.0 Å². The van der Waals surface area contributed by atoms with E-state index in [4.69, 9.17) is 21.1 Å². The fourth-order valence-corrected chi connectivity index (χ4v) is 4.26. The van der Waals surface area contributed by atoms with Crippen LogP contribution in [0, 0.1) is 0 Å². The first-order valence-electron chi connectivity index (χ1n) is 8.95. The molecule has 1 aromatic rings. The fraction of sp³-hybridized carbons (Fsp3) is 0.765. The van der Waals surface area contributed by atoms with Gasteiger partial charge >= 0.3 is 0 Å². The van der Waals surface area contributed by atoms with Gasteiger partial charge in [-0.25, -0.2) is 4.98 Å². The topological polar surface area (TPSA) is 59.5 Å². The van der Waals surface area contributed by atoms with Crippen LogP contribution >= 0.6 is 11.6 Å². The van der Waals surface area contributed by atoms with Gasteiger partial charge in [0.2, 0.25) is 11.8 Å². The van der Waals surface area contributed by atoms with Crippen LogP contribution in [0.5, 0.6) is 5.88 Å². The molecule has 3 aliphatic rings. The zero-order valence-corrected chi connectivity index (χ0v) is 14.8. The number of hydrogen-bond acceptors (Lipinski definition) is 6. The van der Waals surface area contributed by atoms with Gasteiger partial charge < -0.3 is 19.7 Å². The van der Waals surface area contributed by atoms with Gasteiger partial charge in [0.1, 0.15) is 11.3 Å². The smallest absolute Gasteiger partial charge is 0.230 e. The molecule has 1 N–H and O–H groups in total. The first kappa shape index (κ1) is 16.4. The molecule has 0 radical (unpaired) electrons. The molecule has 3 saturated heterocycles. The van der Waals surface area contributed by atoms with Crippen LogP contribution in [-0.2, 0) is 4.74 Å². The molecule has 0 aromatic carbocycles. The second-order valence-corrected chi connectivity index (χ2v) is 7.55. The summed E-state index contributed by atoms with van der Waals surface area (Å²) in [5.74, 6) is 1.20. The largest absolute Gasteiger partial charge is 0.472 e. The van der Waals surface area contributed by atoms with Crippen LogP contribution in [0.4, 0.5) is 5.95 Å². The summed E-state index contributed by atoms with van der Waals surface area (Å²) in [6, 6.07) is 3.38. The summed E-state index contributed by atoms with van der Waals surface area (Å²) in [4.78, 5) is 11.2. The van der Waals surface area contributed by atoms with Crippen molar-refractivity contribution in [3.8, 4) is 5.88 Å². The predicted molar refractivity (Wildman–Crippen MR) is 92.9 cm³/mol. The number of rotatable bonds is 4. The van der Waals surface area contributed by atoms with E-state index in [2.05, 4.69) is 27.2 Å². The second kappa shape index (κ2) is 7.02. The van der Waals surface area contributed by atoms with Gasteiger partial charge in [-0.2, -0.15) is 4.98 Å². The molecule has 3 fully saturated rings. The fourth-order valence-electron chi connectivity index (χ4n) is 4.10. The van der Waals surface area contributed by atoms with E-state index in [1.165, 1.54) is 19.3 Å². The van der Waals surface area contributed by atoms with Crippen LogP contribution in [0.15, 0.2) is 6.07 Å². The summed E-state index contributed by atoms with van der Waals surface area (Å²) in [6.07, 6.45) is 7.11. The Bertz CT molecular complexity index is 570. The third-order valence-electron chi connectivity index (χ3n) is 5.39. The van der Waals surface area contributed by atoms with Crippen molar-refractivity contribution >= 4 is 17.5 Å². The van der Waals surface area contributed by atoms with Crippen LogP contribution in [0.25, 0.3) is 0 Å². The van der Waals surface area contributed by atoms with E-state index in [0.29, 0.717) is 41.7 Å². The summed E-state index contributed by atoms with van der Waals surface area (Å²) in [5, 5.41) is 4.15. The predicted octanol–water partition coefficient (Wildman–Crippen LogP) is 2.41. The van der Waals surface area contributed by atoms with Crippen LogP contribution in [0.1, 0.15) is 38.5 Å². The minimum atomic E-state index is 0.0624. The van der Waals surface area contributed by atoms with Crippen molar-refractivity contribution in [2.45, 2.75) is 62.8 Å². The zero-order chi connectivity index (χ0) is 16.5. The van der Waals surface area contributed by atoms with E-state index < -0.39 is 0 Å². The third-order valence-corrected chi connectivity index (χ3v) is 5.58. The molecule has 2 bridgehead atoms. The van der Waals surface area contributed by atoms with Crippen LogP contribution in [0.2, 0.25) is 5.15 Å². The molecule has 2 unspecified atom stereocenters. The number of nitrogens with zero attached hydrogens (tertiary/aromatic N) is 3. The van der Waals surface area contributed by atoms with Gasteiger partial charge in [0.15, 0.2) is 0 Å². The summed E-state index contributed by atoms with van der Waals surface area (Å²) in [5.41, 5.74) is 0. The maximum atomic E-state index is 6.21. The quantitative estimate of drug-likeness (QED) is 0.840. The lowest BCUT2D eigenvalue weighted by Gasteiger charge is -2.43. The van der Waals surface area contributed by atoms with Crippen molar-refractivity contribution in [2.24, 2.45) is 0 Å². The number of halogens is 1. The van der Waals surface area contributed by atoms with Gasteiger partial charge in [0, 0.05) is 37.7 Å². The van der Waals surface area contributed by atoms with Crippen molar-refractivity contribution in [3.63, 3.8) is 0 Å². The number of ether oxygens (including phenoxy) is 2. The Morgan fingerprint density at radius 2 is 2.04 bits per heavy atom. The molecule has 4 rings (SSSR count). The molecule has 132 valence electrons. The molecule has 1 aromatic heterocycles. The van der Waals surface area contributed by atoms with Crippen molar-refractivity contribution in [1.82, 2.24) is 15.3 Å². The minimum absolute atomic E-state index is 0.0624. The minimum Gasteiger partial charge on any atom is -0.472 e. The highest BCUT2D eigenvalue weighted by atomic mass is 35.5. The molecule has 0 aliphatic carbocycles. The molecule has 3 atom stereocenters. The lowest BCUT2D eigenvalue weighted by Crippen LogP contribution is -2.54. The summed E-state index contributed by atoms with van der Waals surface area (Å²) >= 11 is 6.21. The van der Waals surface area contributed by atoms with E-state index >= 15 is 0 Å². The normalized spacial score (nSPS) is 32.6. The first-order chi connectivity index (χ1) is 11.7. The highest BCUT2D eigenvalue weighted by Crippen LogP contribution is 2.30. The first-order valence-corrected chi connectivity index (χ1v) is 9.33. The maximum absolute atomic E-state index is 6.21. The van der Waals surface area contributed by atoms with Crippen LogP contribution in [-0.4, -0.2) is 54.5 Å². The average molecular weight is 353 g/mol. The van der Waals surface area contributed by atoms with E-state index in [9.17, 15) is 0 Å².